The molecule has 0 aromatic heterocycles. The summed E-state index contributed by atoms with van der Waals surface area (Å²) >= 11 is 0. The van der Waals surface area contributed by atoms with Gasteiger partial charge in [0.05, 0.1) is 5.25 Å². The molecule has 1 aliphatic carbocycles. The van der Waals surface area contributed by atoms with Crippen molar-refractivity contribution in [3.05, 3.63) is 23.8 Å². The Morgan fingerprint density at radius 3 is 2.62 bits per heavy atom. The average Bonchev–Trinajstić information content (AvgIpc) is 2.28. The SMILES string of the molecule is CC=C(C)C(=O)NS(=O)(=O)C1CC=CCC1. The van der Waals surface area contributed by atoms with Crippen LogP contribution in [-0.2, 0) is 14.8 Å². The summed E-state index contributed by atoms with van der Waals surface area (Å²) in [5.41, 5.74) is 0.412. The van der Waals surface area contributed by atoms with Crippen LogP contribution in [-0.4, -0.2) is 19.6 Å². The van der Waals surface area contributed by atoms with E-state index in [-0.39, 0.29) is 0 Å². The summed E-state index contributed by atoms with van der Waals surface area (Å²) in [6.45, 7) is 3.29. The molecule has 0 saturated carbocycles. The number of carbonyl (C=O) groups excluding carboxylic acids is 1. The molecule has 0 aromatic rings. The molecule has 90 valence electrons. The minimum atomic E-state index is -3.53. The largest absolute Gasteiger partial charge is 0.269 e. The smallest absolute Gasteiger partial charge is 0.260 e. The van der Waals surface area contributed by atoms with Gasteiger partial charge in [0.15, 0.2) is 0 Å². The highest BCUT2D eigenvalue weighted by Crippen LogP contribution is 2.17. The minimum Gasteiger partial charge on any atom is -0.269 e. The van der Waals surface area contributed by atoms with Crippen molar-refractivity contribution in [1.29, 1.82) is 0 Å². The molecule has 0 aromatic carbocycles. The van der Waals surface area contributed by atoms with Crippen molar-refractivity contribution in [2.24, 2.45) is 0 Å². The Kier molecular flexibility index (Phi) is 4.29. The molecule has 0 saturated heterocycles. The summed E-state index contributed by atoms with van der Waals surface area (Å²) in [5.74, 6) is -0.531. The lowest BCUT2D eigenvalue weighted by Crippen LogP contribution is -2.39. The van der Waals surface area contributed by atoms with Crippen LogP contribution in [0.15, 0.2) is 23.8 Å². The van der Waals surface area contributed by atoms with E-state index in [0.29, 0.717) is 18.4 Å². The lowest BCUT2D eigenvalue weighted by atomic mass is 10.1. The summed E-state index contributed by atoms with van der Waals surface area (Å²) in [6.07, 6.45) is 7.21. The maximum Gasteiger partial charge on any atom is 0.260 e. The maximum atomic E-state index is 11.8. The molecule has 1 unspecified atom stereocenters. The van der Waals surface area contributed by atoms with Crippen molar-refractivity contribution in [3.8, 4) is 0 Å². The standard InChI is InChI=1S/C11H17NO3S/c1-3-9(2)11(13)12-16(14,15)10-7-5-4-6-8-10/h3-5,10H,6-8H2,1-2H3,(H,12,13). The van der Waals surface area contributed by atoms with Crippen molar-refractivity contribution in [2.75, 3.05) is 0 Å². The van der Waals surface area contributed by atoms with Crippen molar-refractivity contribution in [3.63, 3.8) is 0 Å². The Morgan fingerprint density at radius 2 is 2.12 bits per heavy atom. The van der Waals surface area contributed by atoms with Gasteiger partial charge in [0.1, 0.15) is 0 Å². The topological polar surface area (TPSA) is 63.2 Å². The van der Waals surface area contributed by atoms with Crippen molar-refractivity contribution in [2.45, 2.75) is 38.4 Å². The molecule has 0 heterocycles. The predicted octanol–water partition coefficient (Wildman–Crippen LogP) is 1.51. The molecule has 0 spiro atoms. The van der Waals surface area contributed by atoms with Gasteiger partial charge in [-0.15, -0.1) is 0 Å². The number of hydrogen-bond acceptors (Lipinski definition) is 3. The van der Waals surface area contributed by atoms with Gasteiger partial charge in [-0.2, -0.15) is 0 Å². The molecule has 0 aliphatic heterocycles. The monoisotopic (exact) mass is 243 g/mol. The van der Waals surface area contributed by atoms with E-state index < -0.39 is 21.2 Å². The number of amides is 1. The van der Waals surface area contributed by atoms with E-state index in [4.69, 9.17) is 0 Å². The summed E-state index contributed by atoms with van der Waals surface area (Å²) in [4.78, 5) is 11.5. The van der Waals surface area contributed by atoms with Crippen LogP contribution in [0.3, 0.4) is 0 Å². The van der Waals surface area contributed by atoms with Crippen molar-refractivity contribution in [1.82, 2.24) is 4.72 Å². The van der Waals surface area contributed by atoms with Crippen LogP contribution in [0.2, 0.25) is 0 Å². The first kappa shape index (κ1) is 13.0. The van der Waals surface area contributed by atoms with E-state index in [1.54, 1.807) is 19.9 Å². The molecule has 1 amide bonds. The minimum absolute atomic E-state index is 0.412. The van der Waals surface area contributed by atoms with Gasteiger partial charge >= 0.3 is 0 Å². The number of nitrogens with one attached hydrogen (secondary N) is 1. The highest BCUT2D eigenvalue weighted by atomic mass is 32.2. The van der Waals surface area contributed by atoms with Crippen LogP contribution in [0.1, 0.15) is 33.1 Å². The zero-order chi connectivity index (χ0) is 12.2. The third-order valence-corrected chi connectivity index (χ3v) is 4.46. The first-order valence-corrected chi connectivity index (χ1v) is 6.86. The Balaban J connectivity index is 2.72. The molecular formula is C11H17NO3S. The van der Waals surface area contributed by atoms with E-state index >= 15 is 0 Å². The van der Waals surface area contributed by atoms with Gasteiger partial charge < -0.3 is 0 Å². The first-order valence-electron chi connectivity index (χ1n) is 5.31. The third-order valence-electron chi connectivity index (χ3n) is 2.69. The second-order valence-electron chi connectivity index (χ2n) is 3.85. The quantitative estimate of drug-likeness (QED) is 0.603. The van der Waals surface area contributed by atoms with Crippen LogP contribution in [0, 0.1) is 0 Å². The number of hydrogen-bond donors (Lipinski definition) is 1. The second kappa shape index (κ2) is 5.30. The van der Waals surface area contributed by atoms with Crippen LogP contribution >= 0.6 is 0 Å². The fourth-order valence-electron chi connectivity index (χ4n) is 1.47. The Labute approximate surface area is 96.5 Å². The molecule has 0 fully saturated rings. The van der Waals surface area contributed by atoms with Crippen molar-refractivity contribution < 1.29 is 13.2 Å². The molecule has 0 radical (unpaired) electrons. The van der Waals surface area contributed by atoms with Crippen LogP contribution in [0.4, 0.5) is 0 Å². The number of rotatable bonds is 3. The molecule has 16 heavy (non-hydrogen) atoms. The number of sulfonamides is 1. The van der Waals surface area contributed by atoms with Gasteiger partial charge in [-0.1, -0.05) is 18.2 Å². The maximum absolute atomic E-state index is 11.8. The van der Waals surface area contributed by atoms with Gasteiger partial charge in [0.2, 0.25) is 10.0 Å². The number of allylic oxidation sites excluding steroid dienone is 3. The van der Waals surface area contributed by atoms with Gasteiger partial charge in [-0.25, -0.2) is 13.1 Å². The van der Waals surface area contributed by atoms with E-state index in [0.717, 1.165) is 6.42 Å². The van der Waals surface area contributed by atoms with E-state index in [1.807, 2.05) is 12.2 Å². The Bertz CT molecular complexity index is 421. The molecule has 4 nitrogen and oxygen atoms in total. The van der Waals surface area contributed by atoms with Gasteiger partial charge in [-0.05, 0) is 33.1 Å². The van der Waals surface area contributed by atoms with E-state index in [9.17, 15) is 13.2 Å². The molecule has 1 aliphatic rings. The molecule has 1 atom stereocenters. The third kappa shape index (κ3) is 3.20. The zero-order valence-corrected chi connectivity index (χ0v) is 10.4. The van der Waals surface area contributed by atoms with Gasteiger partial charge in [0.25, 0.3) is 5.91 Å². The van der Waals surface area contributed by atoms with E-state index in [2.05, 4.69) is 4.72 Å². The average molecular weight is 243 g/mol. The molecule has 1 rings (SSSR count). The fraction of sp³-hybridized carbons (Fsp3) is 0.545. The van der Waals surface area contributed by atoms with Crippen LogP contribution in [0.5, 0.6) is 0 Å². The Hall–Kier alpha value is -1.10. The molecule has 1 N–H and O–H groups in total. The van der Waals surface area contributed by atoms with E-state index in [1.165, 1.54) is 0 Å². The highest BCUT2D eigenvalue weighted by Gasteiger charge is 2.27. The lowest BCUT2D eigenvalue weighted by Gasteiger charge is -2.18. The molecule has 5 heteroatoms. The fourth-order valence-corrected chi connectivity index (χ4v) is 2.87. The summed E-state index contributed by atoms with van der Waals surface area (Å²) in [6, 6.07) is 0. The summed E-state index contributed by atoms with van der Waals surface area (Å²) in [5, 5.41) is -0.480. The first-order chi connectivity index (χ1) is 7.47. The lowest BCUT2D eigenvalue weighted by molar-refractivity contribution is -0.115. The van der Waals surface area contributed by atoms with Crippen LogP contribution < -0.4 is 4.72 Å². The summed E-state index contributed by atoms with van der Waals surface area (Å²) in [7, 11) is -3.53. The van der Waals surface area contributed by atoms with Crippen molar-refractivity contribution >= 4 is 15.9 Å². The Morgan fingerprint density at radius 1 is 1.44 bits per heavy atom. The van der Waals surface area contributed by atoms with Crippen LogP contribution in [0.25, 0.3) is 0 Å². The number of carbonyl (C=O) groups is 1. The van der Waals surface area contributed by atoms with Gasteiger partial charge in [-0.3, -0.25) is 4.79 Å². The molecular weight excluding hydrogens is 226 g/mol. The normalized spacial score (nSPS) is 21.9. The highest BCUT2D eigenvalue weighted by molar-refractivity contribution is 7.90. The summed E-state index contributed by atoms with van der Waals surface area (Å²) < 4.78 is 25.8. The molecule has 0 bridgehead atoms. The van der Waals surface area contributed by atoms with Gasteiger partial charge in [0, 0.05) is 5.57 Å². The predicted molar refractivity (Wildman–Crippen MR) is 63.3 cm³/mol. The zero-order valence-electron chi connectivity index (χ0n) is 9.56. The second-order valence-corrected chi connectivity index (χ2v) is 5.82.